The van der Waals surface area contributed by atoms with E-state index in [1.807, 2.05) is 29.6 Å². The van der Waals surface area contributed by atoms with E-state index in [1.54, 1.807) is 24.5 Å². The van der Waals surface area contributed by atoms with Crippen molar-refractivity contribution in [3.8, 4) is 10.6 Å². The number of anilines is 1. The lowest BCUT2D eigenvalue weighted by atomic mass is 9.93. The molecule has 0 saturated carbocycles. The van der Waals surface area contributed by atoms with E-state index in [0.29, 0.717) is 17.4 Å². The van der Waals surface area contributed by atoms with Crippen molar-refractivity contribution in [3.63, 3.8) is 0 Å². The number of aromatic nitrogens is 2. The summed E-state index contributed by atoms with van der Waals surface area (Å²) in [5.74, 6) is -0.275. The van der Waals surface area contributed by atoms with Crippen molar-refractivity contribution < 1.29 is 9.53 Å². The van der Waals surface area contributed by atoms with Crippen LogP contribution in [0.1, 0.15) is 44.6 Å². The summed E-state index contributed by atoms with van der Waals surface area (Å²) in [7, 11) is 0. The molecule has 3 aromatic rings. The zero-order chi connectivity index (χ0) is 20.9. The lowest BCUT2D eigenvalue weighted by molar-refractivity contribution is -0.142. The summed E-state index contributed by atoms with van der Waals surface area (Å²) < 4.78 is 4.93. The number of carbonyl (C=O) groups excluding carboxylic acids is 1. The summed E-state index contributed by atoms with van der Waals surface area (Å²) >= 11 is 3.06. The van der Waals surface area contributed by atoms with Gasteiger partial charge < -0.3 is 4.74 Å². The van der Waals surface area contributed by atoms with Crippen LogP contribution in [0.25, 0.3) is 10.6 Å². The molecule has 0 fully saturated rings. The number of nitrogens with zero attached hydrogens (tertiary/aromatic N) is 3. The predicted molar refractivity (Wildman–Crippen MR) is 120 cm³/mol. The Bertz CT molecular complexity index is 985. The third kappa shape index (κ3) is 5.95. The number of benzene rings is 1. The zero-order valence-electron chi connectivity index (χ0n) is 16.9. The molecule has 0 aliphatic carbocycles. The molecule has 0 radical (unpaired) electrons. The molecule has 8 heteroatoms. The molecule has 2 heterocycles. The first-order valence-electron chi connectivity index (χ1n) is 9.30. The minimum atomic E-state index is -0.275. The quantitative estimate of drug-likeness (QED) is 0.321. The average Bonchev–Trinajstić information content (AvgIpc) is 3.32. The number of hydrogen-bond acceptors (Lipinski definition) is 8. The summed E-state index contributed by atoms with van der Waals surface area (Å²) in [5.41, 5.74) is 6.80. The Kier molecular flexibility index (Phi) is 6.76. The largest absolute Gasteiger partial charge is 0.466 e. The van der Waals surface area contributed by atoms with E-state index in [-0.39, 0.29) is 17.8 Å². The Hall–Kier alpha value is -2.58. The fourth-order valence-electron chi connectivity index (χ4n) is 2.42. The molecular formula is C21H24N4O2S2. The maximum Gasteiger partial charge on any atom is 0.311 e. The van der Waals surface area contributed by atoms with E-state index in [9.17, 15) is 4.79 Å². The van der Waals surface area contributed by atoms with Gasteiger partial charge in [-0.1, -0.05) is 45.0 Å². The number of ether oxygens (including phenoxy) is 1. The van der Waals surface area contributed by atoms with Crippen LogP contribution in [0.15, 0.2) is 40.1 Å². The first-order chi connectivity index (χ1) is 13.8. The van der Waals surface area contributed by atoms with E-state index in [4.69, 9.17) is 9.72 Å². The van der Waals surface area contributed by atoms with E-state index in [2.05, 4.69) is 41.7 Å². The molecule has 1 N–H and O–H groups in total. The molecule has 152 valence electrons. The topological polar surface area (TPSA) is 76.5 Å². The molecule has 0 unspecified atom stereocenters. The van der Waals surface area contributed by atoms with Crippen LogP contribution in [0, 0.1) is 0 Å². The van der Waals surface area contributed by atoms with Crippen molar-refractivity contribution in [1.29, 1.82) is 0 Å². The van der Waals surface area contributed by atoms with Gasteiger partial charge in [-0.25, -0.2) is 9.97 Å². The van der Waals surface area contributed by atoms with Gasteiger partial charge in [-0.15, -0.1) is 22.7 Å². The number of nitrogens with one attached hydrogen (secondary N) is 1. The van der Waals surface area contributed by atoms with Crippen LogP contribution in [0.4, 0.5) is 5.13 Å². The van der Waals surface area contributed by atoms with Crippen LogP contribution in [0.5, 0.6) is 0 Å². The highest BCUT2D eigenvalue weighted by atomic mass is 32.1. The normalized spacial score (nSPS) is 11.7. The Morgan fingerprint density at radius 3 is 2.59 bits per heavy atom. The van der Waals surface area contributed by atoms with E-state index < -0.39 is 0 Å². The van der Waals surface area contributed by atoms with Crippen molar-refractivity contribution in [2.75, 3.05) is 12.0 Å². The molecule has 0 bridgehead atoms. The van der Waals surface area contributed by atoms with E-state index >= 15 is 0 Å². The van der Waals surface area contributed by atoms with Crippen LogP contribution in [-0.4, -0.2) is 28.8 Å². The fraction of sp³-hybridized carbons (Fsp3) is 0.333. The molecular weight excluding hydrogens is 404 g/mol. The third-order valence-electron chi connectivity index (χ3n) is 3.99. The Labute approximate surface area is 178 Å². The molecule has 6 nitrogen and oxygen atoms in total. The number of hydrazone groups is 1. The summed E-state index contributed by atoms with van der Waals surface area (Å²) in [4.78, 5) is 20.6. The van der Waals surface area contributed by atoms with Gasteiger partial charge in [0.15, 0.2) is 0 Å². The number of carbonyl (C=O) groups is 1. The van der Waals surface area contributed by atoms with Crippen molar-refractivity contribution in [3.05, 3.63) is 52.0 Å². The molecule has 3 rings (SSSR count). The molecule has 1 aromatic carbocycles. The number of rotatable bonds is 7. The van der Waals surface area contributed by atoms with Crippen LogP contribution in [0.2, 0.25) is 0 Å². The molecule has 0 aliphatic heterocycles. The van der Waals surface area contributed by atoms with Crippen molar-refractivity contribution >= 4 is 40.0 Å². The van der Waals surface area contributed by atoms with Crippen molar-refractivity contribution in [2.45, 2.75) is 39.5 Å². The number of thiazole rings is 2. The highest BCUT2D eigenvalue weighted by molar-refractivity contribution is 7.13. The molecule has 0 amide bonds. The van der Waals surface area contributed by atoms with Gasteiger partial charge in [-0.05, 0) is 12.5 Å². The van der Waals surface area contributed by atoms with Gasteiger partial charge in [0, 0.05) is 21.7 Å². The summed E-state index contributed by atoms with van der Waals surface area (Å²) in [6.07, 6.45) is 1.91. The van der Waals surface area contributed by atoms with Crippen molar-refractivity contribution in [1.82, 2.24) is 9.97 Å². The highest BCUT2D eigenvalue weighted by Crippen LogP contribution is 2.29. The highest BCUT2D eigenvalue weighted by Gasteiger charge is 2.17. The Morgan fingerprint density at radius 1 is 1.17 bits per heavy atom. The third-order valence-corrected chi connectivity index (χ3v) is 5.67. The second kappa shape index (κ2) is 9.28. The minimum absolute atomic E-state index is 0.0546. The smallest absolute Gasteiger partial charge is 0.311 e. The minimum Gasteiger partial charge on any atom is -0.466 e. The molecule has 0 aliphatic rings. The standard InChI is InChI=1S/C21H24N4O2S2/c1-5-27-18(26)10-16-12-29-20(23-16)25-22-11-14-6-8-15(9-7-14)19-24-17(13-28-19)21(2,3)4/h6-9,11-13H,5,10H2,1-4H3,(H,23,25). The fourth-order valence-corrected chi connectivity index (χ4v) is 4.14. The van der Waals surface area contributed by atoms with Crippen LogP contribution in [-0.2, 0) is 21.4 Å². The van der Waals surface area contributed by atoms with Crippen molar-refractivity contribution in [2.24, 2.45) is 5.10 Å². The SMILES string of the molecule is CCOC(=O)Cc1csc(NN=Cc2ccc(-c3nc(C(C)(C)C)cs3)cc2)n1. The number of esters is 1. The van der Waals surface area contributed by atoms with Gasteiger partial charge in [0.1, 0.15) is 5.01 Å². The summed E-state index contributed by atoms with van der Waals surface area (Å²) in [6, 6.07) is 8.11. The maximum absolute atomic E-state index is 11.5. The Balaban J connectivity index is 1.57. The molecule has 0 atom stereocenters. The monoisotopic (exact) mass is 428 g/mol. The molecule has 0 saturated heterocycles. The van der Waals surface area contributed by atoms with E-state index in [0.717, 1.165) is 21.8 Å². The van der Waals surface area contributed by atoms with Crippen LogP contribution in [0.3, 0.4) is 0 Å². The van der Waals surface area contributed by atoms with Gasteiger partial charge >= 0.3 is 5.97 Å². The number of hydrogen-bond donors (Lipinski definition) is 1. The lowest BCUT2D eigenvalue weighted by Gasteiger charge is -2.14. The zero-order valence-corrected chi connectivity index (χ0v) is 18.6. The second-order valence-corrected chi connectivity index (χ2v) is 9.12. The molecule has 2 aromatic heterocycles. The first-order valence-corrected chi connectivity index (χ1v) is 11.1. The summed E-state index contributed by atoms with van der Waals surface area (Å²) in [5, 5.41) is 9.83. The average molecular weight is 429 g/mol. The van der Waals surface area contributed by atoms with Gasteiger partial charge in [0.05, 0.1) is 30.6 Å². The van der Waals surface area contributed by atoms with Gasteiger partial charge in [-0.2, -0.15) is 5.10 Å². The maximum atomic E-state index is 11.5. The lowest BCUT2D eigenvalue weighted by Crippen LogP contribution is -2.11. The summed E-state index contributed by atoms with van der Waals surface area (Å²) in [6.45, 7) is 8.66. The second-order valence-electron chi connectivity index (χ2n) is 7.41. The van der Waals surface area contributed by atoms with Gasteiger partial charge in [0.2, 0.25) is 5.13 Å². The van der Waals surface area contributed by atoms with Crippen LogP contribution < -0.4 is 5.43 Å². The first kappa shape index (κ1) is 21.1. The molecule has 29 heavy (non-hydrogen) atoms. The van der Waals surface area contributed by atoms with E-state index in [1.165, 1.54) is 11.3 Å². The van der Waals surface area contributed by atoms with Crippen LogP contribution >= 0.6 is 22.7 Å². The van der Waals surface area contributed by atoms with Gasteiger partial charge in [0.25, 0.3) is 0 Å². The van der Waals surface area contributed by atoms with Gasteiger partial charge in [-0.3, -0.25) is 10.2 Å². The Morgan fingerprint density at radius 2 is 1.93 bits per heavy atom. The predicted octanol–water partition coefficient (Wildman–Crippen LogP) is 5.12. The molecule has 0 spiro atoms.